The molecule has 0 atom stereocenters. The molecule has 0 saturated heterocycles. The number of amides is 1. The zero-order valence-electron chi connectivity index (χ0n) is 16.8. The van der Waals surface area contributed by atoms with Crippen molar-refractivity contribution in [3.8, 4) is 11.5 Å². The SMILES string of the molecule is O=C(N=Nc1cc(NS(=O)(=O)c2ccccc2)c2c(c1O)CC=CC2)c1cccc(O)c1. The minimum atomic E-state index is -3.88. The van der Waals surface area contributed by atoms with Gasteiger partial charge < -0.3 is 10.2 Å². The van der Waals surface area contributed by atoms with Crippen molar-refractivity contribution < 1.29 is 23.4 Å². The molecule has 1 aliphatic carbocycles. The topological polar surface area (TPSA) is 128 Å². The number of phenolic OH excluding ortho intramolecular Hbond substituents is 2. The predicted molar refractivity (Wildman–Crippen MR) is 119 cm³/mol. The van der Waals surface area contributed by atoms with Crippen molar-refractivity contribution >= 4 is 27.3 Å². The Hall–Kier alpha value is -3.98. The number of anilines is 1. The fourth-order valence-electron chi connectivity index (χ4n) is 3.37. The van der Waals surface area contributed by atoms with E-state index in [0.29, 0.717) is 24.0 Å². The zero-order valence-corrected chi connectivity index (χ0v) is 17.6. The van der Waals surface area contributed by atoms with Gasteiger partial charge in [-0.05, 0) is 54.8 Å². The van der Waals surface area contributed by atoms with E-state index in [-0.39, 0.29) is 33.3 Å². The van der Waals surface area contributed by atoms with E-state index in [9.17, 15) is 23.4 Å². The minimum Gasteiger partial charge on any atom is -0.508 e. The molecular weight excluding hydrogens is 430 g/mol. The van der Waals surface area contributed by atoms with Gasteiger partial charge in [-0.1, -0.05) is 36.4 Å². The molecule has 0 radical (unpaired) electrons. The van der Waals surface area contributed by atoms with Gasteiger partial charge in [0.1, 0.15) is 17.2 Å². The van der Waals surface area contributed by atoms with Crippen LogP contribution in [0.3, 0.4) is 0 Å². The van der Waals surface area contributed by atoms with Crippen LogP contribution in [-0.2, 0) is 22.9 Å². The third-order valence-corrected chi connectivity index (χ3v) is 6.33. The minimum absolute atomic E-state index is 0.0432. The molecule has 0 spiro atoms. The fourth-order valence-corrected chi connectivity index (χ4v) is 4.48. The number of sulfonamides is 1. The summed E-state index contributed by atoms with van der Waals surface area (Å²) >= 11 is 0. The molecule has 0 bridgehead atoms. The van der Waals surface area contributed by atoms with E-state index in [1.165, 1.54) is 42.5 Å². The smallest absolute Gasteiger partial charge is 0.295 e. The van der Waals surface area contributed by atoms with Gasteiger partial charge in [-0.3, -0.25) is 9.52 Å². The van der Waals surface area contributed by atoms with Crippen LogP contribution >= 0.6 is 0 Å². The molecule has 32 heavy (non-hydrogen) atoms. The van der Waals surface area contributed by atoms with Crippen LogP contribution in [0, 0.1) is 0 Å². The first kappa shape index (κ1) is 21.3. The van der Waals surface area contributed by atoms with Crippen LogP contribution in [0.15, 0.2) is 87.9 Å². The van der Waals surface area contributed by atoms with Gasteiger partial charge in [0.15, 0.2) is 0 Å². The molecule has 0 unspecified atom stereocenters. The first-order valence-corrected chi connectivity index (χ1v) is 11.2. The van der Waals surface area contributed by atoms with E-state index in [1.807, 2.05) is 12.2 Å². The third kappa shape index (κ3) is 4.37. The molecule has 8 nitrogen and oxygen atoms in total. The summed E-state index contributed by atoms with van der Waals surface area (Å²) in [7, 11) is -3.88. The van der Waals surface area contributed by atoms with Crippen molar-refractivity contribution in [3.63, 3.8) is 0 Å². The number of nitrogens with zero attached hydrogens (tertiary/aromatic N) is 2. The Kier molecular flexibility index (Phi) is 5.74. The second-order valence-electron chi connectivity index (χ2n) is 7.10. The molecule has 0 heterocycles. The van der Waals surface area contributed by atoms with Gasteiger partial charge in [0.25, 0.3) is 15.9 Å². The number of phenols is 2. The third-order valence-electron chi connectivity index (χ3n) is 4.95. The Balaban J connectivity index is 1.72. The van der Waals surface area contributed by atoms with E-state index >= 15 is 0 Å². The summed E-state index contributed by atoms with van der Waals surface area (Å²) in [5, 5.41) is 27.7. The first-order chi connectivity index (χ1) is 15.3. The van der Waals surface area contributed by atoms with Gasteiger partial charge in [0.05, 0.1) is 10.6 Å². The summed E-state index contributed by atoms with van der Waals surface area (Å²) in [6, 6.07) is 14.9. The summed E-state index contributed by atoms with van der Waals surface area (Å²) in [6.45, 7) is 0. The molecule has 162 valence electrons. The standard InChI is InChI=1S/C23H19N3O5S/c27-16-8-6-7-15(13-16)23(29)25-24-21-14-20(18-11-4-5-12-19(18)22(21)28)26-32(30,31)17-9-2-1-3-10-17/h1-10,13-14,26-28H,11-12H2. The van der Waals surface area contributed by atoms with Gasteiger partial charge in [0, 0.05) is 11.1 Å². The lowest BCUT2D eigenvalue weighted by molar-refractivity contribution is 0.0994. The second kappa shape index (κ2) is 8.64. The lowest BCUT2D eigenvalue weighted by Crippen LogP contribution is -2.15. The molecule has 0 saturated carbocycles. The Labute approximate surface area is 184 Å². The average molecular weight is 449 g/mol. The number of fused-ring (bicyclic) bond motifs is 1. The van der Waals surface area contributed by atoms with E-state index in [1.54, 1.807) is 18.2 Å². The van der Waals surface area contributed by atoms with Crippen LogP contribution in [0.1, 0.15) is 21.5 Å². The highest BCUT2D eigenvalue weighted by molar-refractivity contribution is 7.92. The van der Waals surface area contributed by atoms with Gasteiger partial charge in [-0.25, -0.2) is 8.42 Å². The number of hydrogen-bond acceptors (Lipinski definition) is 6. The van der Waals surface area contributed by atoms with Gasteiger partial charge in [-0.15, -0.1) is 10.2 Å². The highest BCUT2D eigenvalue weighted by Gasteiger charge is 2.22. The van der Waals surface area contributed by atoms with Crippen molar-refractivity contribution in [2.45, 2.75) is 17.7 Å². The van der Waals surface area contributed by atoms with E-state index in [4.69, 9.17) is 0 Å². The summed E-state index contributed by atoms with van der Waals surface area (Å²) in [4.78, 5) is 12.4. The number of azo groups is 1. The lowest BCUT2D eigenvalue weighted by atomic mass is 9.93. The van der Waals surface area contributed by atoms with Crippen LogP contribution < -0.4 is 4.72 Å². The Bertz CT molecular complexity index is 1350. The number of carbonyl (C=O) groups is 1. The quantitative estimate of drug-likeness (QED) is 0.301. The molecule has 4 rings (SSSR count). The Morgan fingerprint density at radius 1 is 0.906 bits per heavy atom. The maximum Gasteiger partial charge on any atom is 0.295 e. The van der Waals surface area contributed by atoms with Crippen molar-refractivity contribution in [3.05, 3.63) is 89.5 Å². The van der Waals surface area contributed by atoms with E-state index < -0.39 is 15.9 Å². The second-order valence-corrected chi connectivity index (χ2v) is 8.79. The van der Waals surface area contributed by atoms with Crippen LogP contribution in [0.5, 0.6) is 11.5 Å². The molecule has 1 amide bonds. The summed E-state index contributed by atoms with van der Waals surface area (Å²) in [5.41, 5.74) is 1.48. The van der Waals surface area contributed by atoms with Gasteiger partial charge in [-0.2, -0.15) is 0 Å². The van der Waals surface area contributed by atoms with Crippen LogP contribution in [0.25, 0.3) is 0 Å². The molecule has 3 N–H and O–H groups in total. The van der Waals surface area contributed by atoms with Crippen molar-refractivity contribution in [1.29, 1.82) is 0 Å². The van der Waals surface area contributed by atoms with Crippen LogP contribution in [0.2, 0.25) is 0 Å². The zero-order chi connectivity index (χ0) is 22.7. The van der Waals surface area contributed by atoms with Gasteiger partial charge >= 0.3 is 0 Å². The molecule has 0 fully saturated rings. The van der Waals surface area contributed by atoms with Gasteiger partial charge in [0.2, 0.25) is 0 Å². The van der Waals surface area contributed by atoms with Crippen LogP contribution in [-0.4, -0.2) is 24.5 Å². The maximum absolute atomic E-state index is 12.8. The monoisotopic (exact) mass is 449 g/mol. The number of allylic oxidation sites excluding steroid dienone is 2. The highest BCUT2D eigenvalue weighted by atomic mass is 32.2. The van der Waals surface area contributed by atoms with Crippen molar-refractivity contribution in [1.82, 2.24) is 0 Å². The largest absolute Gasteiger partial charge is 0.508 e. The highest BCUT2D eigenvalue weighted by Crippen LogP contribution is 2.41. The van der Waals surface area contributed by atoms with Crippen molar-refractivity contribution in [2.24, 2.45) is 10.2 Å². The predicted octanol–water partition coefficient (Wildman–Crippen LogP) is 4.48. The van der Waals surface area contributed by atoms with Crippen molar-refractivity contribution in [2.75, 3.05) is 4.72 Å². The maximum atomic E-state index is 12.8. The Morgan fingerprint density at radius 3 is 2.34 bits per heavy atom. The summed E-state index contributed by atoms with van der Waals surface area (Å²) in [5.74, 6) is -0.976. The number of rotatable bonds is 5. The Morgan fingerprint density at radius 2 is 1.62 bits per heavy atom. The molecule has 0 aromatic heterocycles. The lowest BCUT2D eigenvalue weighted by Gasteiger charge is -2.19. The normalized spacial score (nSPS) is 13.1. The molecule has 1 aliphatic rings. The molecule has 9 heteroatoms. The first-order valence-electron chi connectivity index (χ1n) is 9.71. The summed E-state index contributed by atoms with van der Waals surface area (Å²) in [6.07, 6.45) is 4.55. The van der Waals surface area contributed by atoms with E-state index in [2.05, 4.69) is 15.0 Å². The number of hydrogen-bond donors (Lipinski definition) is 3. The van der Waals surface area contributed by atoms with Crippen LogP contribution in [0.4, 0.5) is 11.4 Å². The number of carbonyl (C=O) groups excluding carboxylic acids is 1. The molecular formula is C23H19N3O5S. The molecule has 3 aromatic carbocycles. The molecule has 3 aromatic rings. The van der Waals surface area contributed by atoms with E-state index in [0.717, 1.165) is 0 Å². The number of benzene rings is 3. The number of nitrogens with one attached hydrogen (secondary N) is 1. The average Bonchev–Trinajstić information content (AvgIpc) is 2.80. The fraction of sp³-hybridized carbons (Fsp3) is 0.0870. The molecule has 0 aliphatic heterocycles. The number of aromatic hydroxyl groups is 2. The summed E-state index contributed by atoms with van der Waals surface area (Å²) < 4.78 is 28.3.